The van der Waals surface area contributed by atoms with Crippen molar-refractivity contribution in [1.29, 1.82) is 0 Å². The standard InChI is InChI=1S/C14H13FN2O3/c1-3-10-11(15)13(17-7-16-10)20-12-8(2)5-4-6-9(12)14(18)19/h4-7H,3H2,1-2H3,(H,18,19). The van der Waals surface area contributed by atoms with E-state index in [4.69, 9.17) is 9.84 Å². The number of nitrogens with zero attached hydrogens (tertiary/aromatic N) is 2. The third-order valence-electron chi connectivity index (χ3n) is 2.81. The predicted octanol–water partition coefficient (Wildman–Crippen LogP) is 2.98. The van der Waals surface area contributed by atoms with Crippen molar-refractivity contribution in [1.82, 2.24) is 9.97 Å². The zero-order chi connectivity index (χ0) is 14.7. The summed E-state index contributed by atoms with van der Waals surface area (Å²) in [4.78, 5) is 18.7. The van der Waals surface area contributed by atoms with Crippen molar-refractivity contribution >= 4 is 5.97 Å². The Bertz CT molecular complexity index is 659. The van der Waals surface area contributed by atoms with E-state index in [2.05, 4.69) is 9.97 Å². The Kier molecular flexibility index (Phi) is 3.93. The molecule has 0 unspecified atom stereocenters. The monoisotopic (exact) mass is 276 g/mol. The van der Waals surface area contributed by atoms with Crippen LogP contribution < -0.4 is 4.74 Å². The topological polar surface area (TPSA) is 72.3 Å². The number of para-hydroxylation sites is 1. The second kappa shape index (κ2) is 5.64. The fraction of sp³-hybridized carbons (Fsp3) is 0.214. The van der Waals surface area contributed by atoms with Crippen molar-refractivity contribution in [2.24, 2.45) is 0 Å². The maximum Gasteiger partial charge on any atom is 0.339 e. The van der Waals surface area contributed by atoms with Crippen molar-refractivity contribution < 1.29 is 19.0 Å². The van der Waals surface area contributed by atoms with Gasteiger partial charge in [-0.25, -0.2) is 9.78 Å². The first-order valence-corrected chi connectivity index (χ1v) is 6.04. The zero-order valence-corrected chi connectivity index (χ0v) is 11.1. The number of aromatic nitrogens is 2. The van der Waals surface area contributed by atoms with E-state index >= 15 is 0 Å². The number of rotatable bonds is 4. The van der Waals surface area contributed by atoms with Crippen molar-refractivity contribution in [2.75, 3.05) is 0 Å². The molecule has 0 bridgehead atoms. The summed E-state index contributed by atoms with van der Waals surface area (Å²) in [6, 6.07) is 4.67. The lowest BCUT2D eigenvalue weighted by Gasteiger charge is -2.11. The Morgan fingerprint density at radius 2 is 2.15 bits per heavy atom. The largest absolute Gasteiger partial charge is 0.478 e. The molecular formula is C14H13FN2O3. The Balaban J connectivity index is 2.48. The number of ether oxygens (including phenoxy) is 1. The highest BCUT2D eigenvalue weighted by molar-refractivity contribution is 5.91. The maximum atomic E-state index is 14.0. The van der Waals surface area contributed by atoms with Gasteiger partial charge >= 0.3 is 5.97 Å². The van der Waals surface area contributed by atoms with Gasteiger partial charge in [0, 0.05) is 0 Å². The Morgan fingerprint density at radius 3 is 2.80 bits per heavy atom. The van der Waals surface area contributed by atoms with E-state index in [1.54, 1.807) is 26.0 Å². The fourth-order valence-electron chi connectivity index (χ4n) is 1.76. The number of carboxylic acid groups (broad SMARTS) is 1. The lowest BCUT2D eigenvalue weighted by molar-refractivity contribution is 0.0693. The second-order valence-corrected chi connectivity index (χ2v) is 4.15. The maximum absolute atomic E-state index is 14.0. The number of benzene rings is 1. The Morgan fingerprint density at radius 1 is 1.40 bits per heavy atom. The first kappa shape index (κ1) is 13.9. The lowest BCUT2D eigenvalue weighted by atomic mass is 10.1. The number of aromatic carboxylic acids is 1. The molecule has 5 nitrogen and oxygen atoms in total. The minimum Gasteiger partial charge on any atom is -0.478 e. The van der Waals surface area contributed by atoms with Gasteiger partial charge < -0.3 is 9.84 Å². The van der Waals surface area contributed by atoms with Crippen molar-refractivity contribution in [3.63, 3.8) is 0 Å². The molecule has 0 saturated heterocycles. The molecule has 0 aliphatic rings. The van der Waals surface area contributed by atoms with Crippen LogP contribution in [0.2, 0.25) is 0 Å². The number of carboxylic acids is 1. The number of hydrogen-bond donors (Lipinski definition) is 1. The van der Waals surface area contributed by atoms with Gasteiger partial charge in [0.05, 0.1) is 5.69 Å². The van der Waals surface area contributed by atoms with E-state index in [0.29, 0.717) is 12.0 Å². The third-order valence-corrected chi connectivity index (χ3v) is 2.81. The Labute approximate surface area is 115 Å². The van der Waals surface area contributed by atoms with E-state index in [1.165, 1.54) is 12.4 Å². The summed E-state index contributed by atoms with van der Waals surface area (Å²) in [5, 5.41) is 9.13. The fourth-order valence-corrected chi connectivity index (χ4v) is 1.76. The molecular weight excluding hydrogens is 263 g/mol. The van der Waals surface area contributed by atoms with Gasteiger partial charge in [0.2, 0.25) is 5.82 Å². The van der Waals surface area contributed by atoms with Crippen LogP contribution in [0.25, 0.3) is 0 Å². The van der Waals surface area contributed by atoms with Crippen LogP contribution >= 0.6 is 0 Å². The predicted molar refractivity (Wildman–Crippen MR) is 69.6 cm³/mol. The minimum atomic E-state index is -1.14. The molecule has 1 aromatic carbocycles. The van der Waals surface area contributed by atoms with Gasteiger partial charge in [-0.05, 0) is 25.0 Å². The summed E-state index contributed by atoms with van der Waals surface area (Å²) in [5.41, 5.74) is 0.766. The van der Waals surface area contributed by atoms with E-state index < -0.39 is 11.8 Å². The Hall–Kier alpha value is -2.50. The molecule has 2 aromatic rings. The van der Waals surface area contributed by atoms with Crippen LogP contribution in [0.15, 0.2) is 24.5 Å². The molecule has 0 amide bonds. The molecule has 1 N–H and O–H groups in total. The van der Waals surface area contributed by atoms with E-state index in [1.807, 2.05) is 0 Å². The van der Waals surface area contributed by atoms with Gasteiger partial charge in [0.25, 0.3) is 5.88 Å². The molecule has 0 spiro atoms. The van der Waals surface area contributed by atoms with Crippen LogP contribution in [0.1, 0.15) is 28.5 Å². The van der Waals surface area contributed by atoms with Crippen molar-refractivity contribution in [3.8, 4) is 11.6 Å². The molecule has 0 aliphatic heterocycles. The summed E-state index contributed by atoms with van der Waals surface area (Å²) in [6.07, 6.45) is 1.58. The van der Waals surface area contributed by atoms with Crippen LogP contribution in [0.3, 0.4) is 0 Å². The molecule has 0 radical (unpaired) electrons. The lowest BCUT2D eigenvalue weighted by Crippen LogP contribution is -2.05. The number of carbonyl (C=O) groups is 1. The molecule has 0 fully saturated rings. The van der Waals surface area contributed by atoms with Gasteiger partial charge in [-0.15, -0.1) is 0 Å². The average Bonchev–Trinajstić information content (AvgIpc) is 2.42. The molecule has 1 aromatic heterocycles. The van der Waals surface area contributed by atoms with Crippen LogP contribution in [0, 0.1) is 12.7 Å². The number of hydrogen-bond acceptors (Lipinski definition) is 4. The van der Waals surface area contributed by atoms with Crippen LogP contribution in [0.4, 0.5) is 4.39 Å². The zero-order valence-electron chi connectivity index (χ0n) is 11.1. The molecule has 1 heterocycles. The van der Waals surface area contributed by atoms with Gasteiger partial charge in [0.1, 0.15) is 17.6 Å². The summed E-state index contributed by atoms with van der Waals surface area (Å²) >= 11 is 0. The molecule has 0 aliphatic carbocycles. The summed E-state index contributed by atoms with van der Waals surface area (Å²) in [7, 11) is 0. The highest BCUT2D eigenvalue weighted by atomic mass is 19.1. The van der Waals surface area contributed by atoms with Crippen molar-refractivity contribution in [2.45, 2.75) is 20.3 Å². The second-order valence-electron chi connectivity index (χ2n) is 4.15. The van der Waals surface area contributed by atoms with E-state index in [-0.39, 0.29) is 22.9 Å². The minimum absolute atomic E-state index is 0.0407. The molecule has 0 atom stereocenters. The molecule has 104 valence electrons. The average molecular weight is 276 g/mol. The molecule has 20 heavy (non-hydrogen) atoms. The molecule has 6 heteroatoms. The van der Waals surface area contributed by atoms with E-state index in [0.717, 1.165) is 0 Å². The normalized spacial score (nSPS) is 10.3. The third kappa shape index (κ3) is 2.59. The van der Waals surface area contributed by atoms with Gasteiger partial charge in [-0.3, -0.25) is 0 Å². The first-order chi connectivity index (χ1) is 9.54. The summed E-state index contributed by atoms with van der Waals surface area (Å²) in [6.45, 7) is 3.44. The van der Waals surface area contributed by atoms with Crippen LogP contribution in [-0.2, 0) is 6.42 Å². The number of aryl methyl sites for hydroxylation is 2. The van der Waals surface area contributed by atoms with Gasteiger partial charge in [-0.1, -0.05) is 19.1 Å². The van der Waals surface area contributed by atoms with Crippen LogP contribution in [-0.4, -0.2) is 21.0 Å². The quantitative estimate of drug-likeness (QED) is 0.929. The smallest absolute Gasteiger partial charge is 0.339 e. The van der Waals surface area contributed by atoms with Gasteiger partial charge in [-0.2, -0.15) is 9.37 Å². The number of halogens is 1. The molecule has 0 saturated carbocycles. The highest BCUT2D eigenvalue weighted by Gasteiger charge is 2.18. The summed E-state index contributed by atoms with van der Waals surface area (Å²) < 4.78 is 19.4. The SMILES string of the molecule is CCc1ncnc(Oc2c(C)cccc2C(=O)O)c1F. The van der Waals surface area contributed by atoms with Gasteiger partial charge in [0.15, 0.2) is 0 Å². The van der Waals surface area contributed by atoms with E-state index in [9.17, 15) is 9.18 Å². The molecule has 2 rings (SSSR count). The summed E-state index contributed by atoms with van der Waals surface area (Å²) in [5.74, 6) is -2.00. The first-order valence-electron chi connectivity index (χ1n) is 6.04. The highest BCUT2D eigenvalue weighted by Crippen LogP contribution is 2.29. The van der Waals surface area contributed by atoms with Crippen molar-refractivity contribution in [3.05, 3.63) is 47.2 Å². The van der Waals surface area contributed by atoms with Crippen LogP contribution in [0.5, 0.6) is 11.6 Å².